The van der Waals surface area contributed by atoms with Gasteiger partial charge in [-0.3, -0.25) is 0 Å². The van der Waals surface area contributed by atoms with Crippen molar-refractivity contribution >= 4 is 11.8 Å². The van der Waals surface area contributed by atoms with Crippen LogP contribution in [0.3, 0.4) is 0 Å². The van der Waals surface area contributed by atoms with E-state index in [9.17, 15) is 4.79 Å². The lowest BCUT2D eigenvalue weighted by Crippen LogP contribution is -2.27. The van der Waals surface area contributed by atoms with Crippen LogP contribution in [0.25, 0.3) is 0 Å². The number of hydrogen-bond acceptors (Lipinski definition) is 3. The summed E-state index contributed by atoms with van der Waals surface area (Å²) in [6.07, 6.45) is 3.50. The van der Waals surface area contributed by atoms with Gasteiger partial charge in [0.05, 0.1) is 5.56 Å². The monoisotopic (exact) mass is 268 g/mol. The average Bonchev–Trinajstić information content (AvgIpc) is 2.70. The van der Waals surface area contributed by atoms with Gasteiger partial charge in [-0.05, 0) is 36.1 Å². The van der Waals surface area contributed by atoms with Crippen molar-refractivity contribution in [2.75, 3.05) is 18.0 Å². The topological polar surface area (TPSA) is 53.4 Å². The van der Waals surface area contributed by atoms with E-state index in [1.54, 1.807) is 12.3 Å². The molecule has 102 valence electrons. The fourth-order valence-electron chi connectivity index (χ4n) is 2.62. The van der Waals surface area contributed by atoms with E-state index >= 15 is 0 Å². The number of fused-ring (bicyclic) bond motifs is 1. The van der Waals surface area contributed by atoms with Crippen LogP contribution in [0.2, 0.25) is 0 Å². The number of pyridine rings is 1. The van der Waals surface area contributed by atoms with Crippen LogP contribution in [0.1, 0.15) is 21.5 Å². The molecule has 1 N–H and O–H groups in total. The van der Waals surface area contributed by atoms with E-state index in [0.29, 0.717) is 0 Å². The second kappa shape index (κ2) is 5.33. The van der Waals surface area contributed by atoms with Gasteiger partial charge in [0.25, 0.3) is 0 Å². The first-order valence-corrected chi connectivity index (χ1v) is 6.75. The molecule has 0 spiro atoms. The van der Waals surface area contributed by atoms with Gasteiger partial charge in [0.1, 0.15) is 5.82 Å². The van der Waals surface area contributed by atoms with Gasteiger partial charge in [-0.15, -0.1) is 0 Å². The van der Waals surface area contributed by atoms with Crippen LogP contribution in [-0.4, -0.2) is 29.1 Å². The molecule has 0 unspecified atom stereocenters. The van der Waals surface area contributed by atoms with E-state index < -0.39 is 5.97 Å². The molecule has 0 bridgehead atoms. The highest BCUT2D eigenvalue weighted by Crippen LogP contribution is 2.20. The highest BCUT2D eigenvalue weighted by Gasteiger charge is 2.15. The third-order valence-electron chi connectivity index (χ3n) is 3.74. The van der Waals surface area contributed by atoms with Gasteiger partial charge in [-0.25, -0.2) is 9.78 Å². The fraction of sp³-hybridized carbons (Fsp3) is 0.250. The number of carboxylic acids is 1. The third-order valence-corrected chi connectivity index (χ3v) is 3.74. The normalized spacial score (nSPS) is 14.5. The summed E-state index contributed by atoms with van der Waals surface area (Å²) in [5.41, 5.74) is 3.05. The lowest BCUT2D eigenvalue weighted by molar-refractivity contribution is 0.0697. The summed E-state index contributed by atoms with van der Waals surface area (Å²) in [4.78, 5) is 17.5. The molecule has 1 aromatic carbocycles. The van der Waals surface area contributed by atoms with Crippen LogP contribution in [0.4, 0.5) is 5.82 Å². The Labute approximate surface area is 117 Å². The van der Waals surface area contributed by atoms with Gasteiger partial charge in [0.15, 0.2) is 0 Å². The van der Waals surface area contributed by atoms with Crippen LogP contribution < -0.4 is 4.90 Å². The predicted octanol–water partition coefficient (Wildman–Crippen LogP) is 2.39. The van der Waals surface area contributed by atoms with E-state index in [0.717, 1.165) is 31.7 Å². The lowest BCUT2D eigenvalue weighted by atomic mass is 10.0. The Hall–Kier alpha value is -2.36. The number of anilines is 1. The minimum Gasteiger partial charge on any atom is -0.478 e. The smallest absolute Gasteiger partial charge is 0.335 e. The molecule has 0 atom stereocenters. The number of hydrogen-bond donors (Lipinski definition) is 1. The van der Waals surface area contributed by atoms with Gasteiger partial charge in [0.2, 0.25) is 0 Å². The maximum atomic E-state index is 11.0. The standard InChI is InChI=1S/C16H16N2O2/c19-16(20)14-5-8-17-15(11-14)18-9-6-12-3-1-2-4-13(12)7-10-18/h1-5,8,11H,6-7,9-10H2,(H,19,20). The fourth-order valence-corrected chi connectivity index (χ4v) is 2.62. The molecule has 0 saturated carbocycles. The van der Waals surface area contributed by atoms with Gasteiger partial charge in [-0.2, -0.15) is 0 Å². The third kappa shape index (κ3) is 2.50. The van der Waals surface area contributed by atoms with E-state index in [2.05, 4.69) is 34.1 Å². The zero-order valence-corrected chi connectivity index (χ0v) is 11.1. The first-order chi connectivity index (χ1) is 9.74. The van der Waals surface area contributed by atoms with Crippen LogP contribution in [0.15, 0.2) is 42.6 Å². The Morgan fingerprint density at radius 3 is 2.35 bits per heavy atom. The average molecular weight is 268 g/mol. The number of aromatic carboxylic acids is 1. The Bertz CT molecular complexity index is 613. The van der Waals surface area contributed by atoms with Crippen molar-refractivity contribution < 1.29 is 9.90 Å². The van der Waals surface area contributed by atoms with Crippen LogP contribution in [-0.2, 0) is 12.8 Å². The van der Waals surface area contributed by atoms with Gasteiger partial charge < -0.3 is 10.0 Å². The highest BCUT2D eigenvalue weighted by molar-refractivity contribution is 5.88. The minimum absolute atomic E-state index is 0.289. The van der Waals surface area contributed by atoms with Crippen molar-refractivity contribution in [3.63, 3.8) is 0 Å². The largest absolute Gasteiger partial charge is 0.478 e. The number of carboxylic acid groups (broad SMARTS) is 1. The zero-order valence-electron chi connectivity index (χ0n) is 11.1. The Morgan fingerprint density at radius 2 is 1.75 bits per heavy atom. The van der Waals surface area contributed by atoms with Crippen molar-refractivity contribution in [3.8, 4) is 0 Å². The van der Waals surface area contributed by atoms with Crippen molar-refractivity contribution in [1.29, 1.82) is 0 Å². The molecule has 1 aliphatic rings. The Balaban J connectivity index is 1.83. The SMILES string of the molecule is O=C(O)c1ccnc(N2CCc3ccccc3CC2)c1. The molecule has 4 heteroatoms. The summed E-state index contributed by atoms with van der Waals surface area (Å²) in [5, 5.41) is 9.06. The van der Waals surface area contributed by atoms with Gasteiger partial charge in [-0.1, -0.05) is 24.3 Å². The summed E-state index contributed by atoms with van der Waals surface area (Å²) in [6, 6.07) is 11.6. The molecule has 20 heavy (non-hydrogen) atoms. The second-order valence-electron chi connectivity index (χ2n) is 4.96. The zero-order chi connectivity index (χ0) is 13.9. The number of aromatic nitrogens is 1. The van der Waals surface area contributed by atoms with Crippen molar-refractivity contribution in [3.05, 3.63) is 59.3 Å². The first kappa shape index (κ1) is 12.7. The quantitative estimate of drug-likeness (QED) is 0.908. The maximum Gasteiger partial charge on any atom is 0.335 e. The predicted molar refractivity (Wildman–Crippen MR) is 77.3 cm³/mol. The number of nitrogens with zero attached hydrogens (tertiary/aromatic N) is 2. The molecular formula is C16H16N2O2. The van der Waals surface area contributed by atoms with Crippen molar-refractivity contribution in [2.24, 2.45) is 0 Å². The lowest BCUT2D eigenvalue weighted by Gasteiger charge is -2.21. The minimum atomic E-state index is -0.910. The molecule has 0 fully saturated rings. The van der Waals surface area contributed by atoms with E-state index in [-0.39, 0.29) is 5.56 Å². The molecule has 0 radical (unpaired) electrons. The van der Waals surface area contributed by atoms with E-state index in [4.69, 9.17) is 5.11 Å². The molecule has 2 heterocycles. The second-order valence-corrected chi connectivity index (χ2v) is 4.96. The maximum absolute atomic E-state index is 11.0. The Kier molecular flexibility index (Phi) is 3.37. The molecule has 1 aliphatic heterocycles. The highest BCUT2D eigenvalue weighted by atomic mass is 16.4. The number of benzene rings is 1. The van der Waals surface area contributed by atoms with Crippen LogP contribution in [0, 0.1) is 0 Å². The molecular weight excluding hydrogens is 252 g/mol. The molecule has 1 aromatic heterocycles. The molecule has 0 saturated heterocycles. The van der Waals surface area contributed by atoms with Crippen molar-refractivity contribution in [1.82, 2.24) is 4.98 Å². The summed E-state index contributed by atoms with van der Waals surface area (Å²) in [7, 11) is 0. The first-order valence-electron chi connectivity index (χ1n) is 6.75. The summed E-state index contributed by atoms with van der Waals surface area (Å²) in [6.45, 7) is 1.74. The molecule has 0 amide bonds. The number of carbonyl (C=O) groups is 1. The molecule has 3 rings (SSSR count). The summed E-state index contributed by atoms with van der Waals surface area (Å²) in [5.74, 6) is -0.163. The van der Waals surface area contributed by atoms with Gasteiger partial charge in [0, 0.05) is 19.3 Å². The molecule has 2 aromatic rings. The van der Waals surface area contributed by atoms with Gasteiger partial charge >= 0.3 is 5.97 Å². The van der Waals surface area contributed by atoms with Crippen molar-refractivity contribution in [2.45, 2.75) is 12.8 Å². The summed E-state index contributed by atoms with van der Waals surface area (Å²) < 4.78 is 0. The van der Waals surface area contributed by atoms with E-state index in [1.807, 2.05) is 0 Å². The molecule has 0 aliphatic carbocycles. The Morgan fingerprint density at radius 1 is 1.10 bits per heavy atom. The van der Waals surface area contributed by atoms with Crippen LogP contribution in [0.5, 0.6) is 0 Å². The van der Waals surface area contributed by atoms with Crippen LogP contribution >= 0.6 is 0 Å². The van der Waals surface area contributed by atoms with E-state index in [1.165, 1.54) is 17.2 Å². The summed E-state index contributed by atoms with van der Waals surface area (Å²) >= 11 is 0. The molecule has 4 nitrogen and oxygen atoms in total. The number of rotatable bonds is 2.